The number of hydrogen-bond donors (Lipinski definition) is 1. The van der Waals surface area contributed by atoms with Crippen molar-refractivity contribution in [3.8, 4) is 0 Å². The van der Waals surface area contributed by atoms with Gasteiger partial charge in [0.25, 0.3) is 5.69 Å². The van der Waals surface area contributed by atoms with E-state index in [-0.39, 0.29) is 16.6 Å². The molecule has 0 amide bonds. The third-order valence-corrected chi connectivity index (χ3v) is 7.41. The van der Waals surface area contributed by atoms with Crippen LogP contribution in [0.5, 0.6) is 0 Å². The number of sulfonamides is 1. The van der Waals surface area contributed by atoms with Gasteiger partial charge in [0.2, 0.25) is 10.0 Å². The lowest BCUT2D eigenvalue weighted by Gasteiger charge is -2.32. The summed E-state index contributed by atoms with van der Waals surface area (Å²) in [5, 5.41) is 14.8. The second kappa shape index (κ2) is 8.53. The van der Waals surface area contributed by atoms with Crippen LogP contribution in [0, 0.1) is 10.1 Å². The van der Waals surface area contributed by atoms with Gasteiger partial charge in [-0.25, -0.2) is 8.42 Å². The van der Waals surface area contributed by atoms with Gasteiger partial charge >= 0.3 is 0 Å². The average molecular weight is 397 g/mol. The third-order valence-electron chi connectivity index (χ3n) is 5.51. The number of rotatable bonds is 6. The Balaban J connectivity index is 1.80. The van der Waals surface area contributed by atoms with Gasteiger partial charge in [0.1, 0.15) is 5.69 Å². The van der Waals surface area contributed by atoms with Gasteiger partial charge < -0.3 is 10.2 Å². The van der Waals surface area contributed by atoms with Crippen molar-refractivity contribution < 1.29 is 13.3 Å². The molecule has 9 heteroatoms. The molecule has 0 unspecified atom stereocenters. The predicted molar refractivity (Wildman–Crippen MR) is 104 cm³/mol. The van der Waals surface area contributed by atoms with Crippen LogP contribution >= 0.6 is 0 Å². The van der Waals surface area contributed by atoms with Gasteiger partial charge in [0, 0.05) is 38.3 Å². The summed E-state index contributed by atoms with van der Waals surface area (Å²) < 4.78 is 27.1. The van der Waals surface area contributed by atoms with Crippen molar-refractivity contribution in [2.24, 2.45) is 0 Å². The Labute approximate surface area is 160 Å². The predicted octanol–water partition coefficient (Wildman–Crippen LogP) is 2.67. The van der Waals surface area contributed by atoms with Crippen LogP contribution in [0.1, 0.15) is 39.0 Å². The number of benzene rings is 1. The van der Waals surface area contributed by atoms with E-state index in [1.54, 1.807) is 6.07 Å². The third kappa shape index (κ3) is 4.59. The molecule has 1 aromatic rings. The first-order chi connectivity index (χ1) is 12.9. The molecule has 27 heavy (non-hydrogen) atoms. The van der Waals surface area contributed by atoms with Gasteiger partial charge in [0.05, 0.1) is 9.82 Å². The molecule has 0 radical (unpaired) electrons. The van der Waals surface area contributed by atoms with E-state index in [9.17, 15) is 18.5 Å². The van der Waals surface area contributed by atoms with Crippen molar-refractivity contribution in [2.45, 2.75) is 50.0 Å². The SMILES string of the molecule is CCN1CCC(Nc2ccc(S(=O)(=O)N3CCCCC3)cc2[N+](=O)[O-])CC1. The number of anilines is 1. The highest BCUT2D eigenvalue weighted by molar-refractivity contribution is 7.89. The second-order valence-electron chi connectivity index (χ2n) is 7.25. The van der Waals surface area contributed by atoms with Crippen LogP contribution < -0.4 is 5.32 Å². The topological polar surface area (TPSA) is 95.8 Å². The summed E-state index contributed by atoms with van der Waals surface area (Å²) in [6.07, 6.45) is 4.51. The van der Waals surface area contributed by atoms with E-state index in [4.69, 9.17) is 0 Å². The summed E-state index contributed by atoms with van der Waals surface area (Å²) in [6.45, 7) is 6.01. The van der Waals surface area contributed by atoms with Crippen molar-refractivity contribution in [1.82, 2.24) is 9.21 Å². The monoisotopic (exact) mass is 396 g/mol. The molecule has 0 aromatic heterocycles. The van der Waals surface area contributed by atoms with E-state index in [1.807, 2.05) is 0 Å². The number of likely N-dealkylation sites (tertiary alicyclic amines) is 1. The highest BCUT2D eigenvalue weighted by atomic mass is 32.2. The fraction of sp³-hybridized carbons (Fsp3) is 0.667. The van der Waals surface area contributed by atoms with Crippen LogP contribution in [0.4, 0.5) is 11.4 Å². The molecule has 2 heterocycles. The highest BCUT2D eigenvalue weighted by Gasteiger charge is 2.29. The number of nitrogens with one attached hydrogen (secondary N) is 1. The van der Waals surface area contributed by atoms with Crippen LogP contribution in [-0.4, -0.2) is 61.3 Å². The van der Waals surface area contributed by atoms with Gasteiger partial charge in [-0.05, 0) is 44.4 Å². The summed E-state index contributed by atoms with van der Waals surface area (Å²) in [5.41, 5.74) is 0.221. The molecule has 2 aliphatic rings. The molecule has 0 bridgehead atoms. The first-order valence-corrected chi connectivity index (χ1v) is 11.1. The minimum atomic E-state index is -3.68. The Morgan fingerprint density at radius 1 is 1.15 bits per heavy atom. The summed E-state index contributed by atoms with van der Waals surface area (Å²) in [7, 11) is -3.68. The highest BCUT2D eigenvalue weighted by Crippen LogP contribution is 2.31. The number of nitro benzene ring substituents is 1. The number of hydrogen-bond acceptors (Lipinski definition) is 6. The van der Waals surface area contributed by atoms with E-state index in [0.717, 1.165) is 51.7 Å². The Kier molecular flexibility index (Phi) is 6.33. The minimum absolute atomic E-state index is 0.00227. The van der Waals surface area contributed by atoms with Gasteiger partial charge in [-0.1, -0.05) is 13.3 Å². The second-order valence-corrected chi connectivity index (χ2v) is 9.19. The van der Waals surface area contributed by atoms with Gasteiger partial charge in [-0.15, -0.1) is 0 Å². The van der Waals surface area contributed by atoms with Crippen molar-refractivity contribution in [3.05, 3.63) is 28.3 Å². The lowest BCUT2D eigenvalue weighted by atomic mass is 10.0. The quantitative estimate of drug-likeness (QED) is 0.587. The van der Waals surface area contributed by atoms with Crippen LogP contribution in [-0.2, 0) is 10.0 Å². The van der Waals surface area contributed by atoms with E-state index in [0.29, 0.717) is 18.8 Å². The molecule has 0 aliphatic carbocycles. The van der Waals surface area contributed by atoms with Gasteiger partial charge in [0.15, 0.2) is 0 Å². The van der Waals surface area contributed by atoms with Crippen LogP contribution in [0.2, 0.25) is 0 Å². The molecule has 0 spiro atoms. The minimum Gasteiger partial charge on any atom is -0.377 e. The lowest BCUT2D eigenvalue weighted by Crippen LogP contribution is -2.39. The summed E-state index contributed by atoms with van der Waals surface area (Å²) in [4.78, 5) is 13.4. The first-order valence-electron chi connectivity index (χ1n) is 9.69. The van der Waals surface area contributed by atoms with Crippen LogP contribution in [0.25, 0.3) is 0 Å². The Morgan fingerprint density at radius 3 is 2.41 bits per heavy atom. The maximum absolute atomic E-state index is 12.8. The molecule has 0 saturated carbocycles. The molecule has 2 saturated heterocycles. The number of nitrogens with zero attached hydrogens (tertiary/aromatic N) is 3. The standard InChI is InChI=1S/C18H28N4O4S/c1-2-20-12-8-15(9-13-20)19-17-7-6-16(14-18(17)22(23)24)27(25,26)21-10-4-3-5-11-21/h6-7,14-15,19H,2-5,8-13H2,1H3. The first kappa shape index (κ1) is 20.0. The Morgan fingerprint density at radius 2 is 1.81 bits per heavy atom. The van der Waals surface area contributed by atoms with E-state index >= 15 is 0 Å². The fourth-order valence-electron chi connectivity index (χ4n) is 3.81. The van der Waals surface area contributed by atoms with Crippen molar-refractivity contribution in [3.63, 3.8) is 0 Å². The van der Waals surface area contributed by atoms with Crippen molar-refractivity contribution in [2.75, 3.05) is 38.0 Å². The van der Waals surface area contributed by atoms with E-state index < -0.39 is 14.9 Å². The molecular formula is C18H28N4O4S. The molecular weight excluding hydrogens is 368 g/mol. The molecule has 2 fully saturated rings. The van der Waals surface area contributed by atoms with Gasteiger partial charge in [-0.2, -0.15) is 4.31 Å². The maximum Gasteiger partial charge on any atom is 0.293 e. The Bertz CT molecular complexity index is 770. The lowest BCUT2D eigenvalue weighted by molar-refractivity contribution is -0.384. The molecule has 8 nitrogen and oxygen atoms in total. The Hall–Kier alpha value is -1.71. The molecule has 1 aromatic carbocycles. The normalized spacial score (nSPS) is 20.5. The van der Waals surface area contributed by atoms with E-state index in [1.165, 1.54) is 16.4 Å². The number of nitro groups is 1. The summed E-state index contributed by atoms with van der Waals surface area (Å²) >= 11 is 0. The molecule has 3 rings (SSSR count). The number of piperidine rings is 2. The van der Waals surface area contributed by atoms with Crippen molar-refractivity contribution >= 4 is 21.4 Å². The summed E-state index contributed by atoms with van der Waals surface area (Å²) in [5.74, 6) is 0. The van der Waals surface area contributed by atoms with Gasteiger partial charge in [-0.3, -0.25) is 10.1 Å². The molecule has 150 valence electrons. The zero-order valence-corrected chi connectivity index (χ0v) is 16.6. The molecule has 2 aliphatic heterocycles. The zero-order chi connectivity index (χ0) is 19.4. The zero-order valence-electron chi connectivity index (χ0n) is 15.8. The fourth-order valence-corrected chi connectivity index (χ4v) is 5.35. The van der Waals surface area contributed by atoms with Crippen LogP contribution in [0.3, 0.4) is 0 Å². The van der Waals surface area contributed by atoms with E-state index in [2.05, 4.69) is 17.1 Å². The summed E-state index contributed by atoms with van der Waals surface area (Å²) in [6, 6.07) is 4.39. The largest absolute Gasteiger partial charge is 0.377 e. The molecule has 1 N–H and O–H groups in total. The molecule has 0 atom stereocenters. The van der Waals surface area contributed by atoms with Crippen LogP contribution in [0.15, 0.2) is 23.1 Å². The smallest absolute Gasteiger partial charge is 0.293 e. The maximum atomic E-state index is 12.8. The van der Waals surface area contributed by atoms with Crippen molar-refractivity contribution in [1.29, 1.82) is 0 Å². The average Bonchev–Trinajstić information content (AvgIpc) is 2.69.